The normalized spacial score (nSPS) is 24.0. The van der Waals surface area contributed by atoms with E-state index in [1.807, 2.05) is 38.1 Å². The van der Waals surface area contributed by atoms with Crippen molar-refractivity contribution in [3.8, 4) is 0 Å². The molecule has 3 heterocycles. The van der Waals surface area contributed by atoms with Crippen molar-refractivity contribution in [1.82, 2.24) is 15.5 Å². The number of amides is 4. The number of ether oxygens (including phenoxy) is 2. The predicted octanol–water partition coefficient (Wildman–Crippen LogP) is 2.60. The highest BCUT2D eigenvalue weighted by Gasteiger charge is 2.41. The van der Waals surface area contributed by atoms with E-state index in [0.29, 0.717) is 38.9 Å². The Balaban J connectivity index is 1.43. The van der Waals surface area contributed by atoms with Crippen LogP contribution in [0.3, 0.4) is 0 Å². The summed E-state index contributed by atoms with van der Waals surface area (Å²) in [6.07, 6.45) is 2.30. The van der Waals surface area contributed by atoms with Crippen LogP contribution in [0.15, 0.2) is 24.3 Å². The van der Waals surface area contributed by atoms with E-state index in [1.165, 1.54) is 7.11 Å². The number of anilines is 1. The average molecular weight is 501 g/mol. The number of cyclic esters (lactones) is 1. The number of rotatable bonds is 7. The lowest BCUT2D eigenvalue weighted by Gasteiger charge is -2.37. The number of nitrogens with one attached hydrogen (secondary N) is 2. The Morgan fingerprint density at radius 1 is 1.22 bits per heavy atom. The first-order chi connectivity index (χ1) is 17.1. The van der Waals surface area contributed by atoms with E-state index >= 15 is 0 Å². The number of piperidine rings is 1. The van der Waals surface area contributed by atoms with Crippen molar-refractivity contribution in [1.29, 1.82) is 0 Å². The molecule has 10 heteroatoms. The maximum atomic E-state index is 13.6. The summed E-state index contributed by atoms with van der Waals surface area (Å²) < 4.78 is 10.3. The van der Waals surface area contributed by atoms with Crippen molar-refractivity contribution in [3.05, 3.63) is 29.8 Å². The fraction of sp³-hybridized carbons (Fsp3) is 0.615. The number of methoxy groups -OCH3 is 1. The highest BCUT2D eigenvalue weighted by Crippen LogP contribution is 2.34. The minimum absolute atomic E-state index is 0.0585. The maximum absolute atomic E-state index is 13.6. The Kier molecular flexibility index (Phi) is 7.70. The summed E-state index contributed by atoms with van der Waals surface area (Å²) in [5.41, 5.74) is 1.38. The fourth-order valence-electron chi connectivity index (χ4n) is 5.44. The summed E-state index contributed by atoms with van der Waals surface area (Å²) >= 11 is 0. The molecule has 2 N–H and O–H groups in total. The van der Waals surface area contributed by atoms with Crippen molar-refractivity contribution in [2.45, 2.75) is 70.6 Å². The lowest BCUT2D eigenvalue weighted by Crippen LogP contribution is -2.51. The quantitative estimate of drug-likeness (QED) is 0.594. The molecule has 4 amide bonds. The Morgan fingerprint density at radius 2 is 2.00 bits per heavy atom. The molecule has 10 nitrogen and oxygen atoms in total. The summed E-state index contributed by atoms with van der Waals surface area (Å²) in [4.78, 5) is 53.2. The van der Waals surface area contributed by atoms with E-state index in [9.17, 15) is 19.2 Å². The van der Waals surface area contributed by atoms with Gasteiger partial charge in [-0.15, -0.1) is 0 Å². The van der Waals surface area contributed by atoms with Gasteiger partial charge in [0.2, 0.25) is 11.8 Å². The molecule has 0 radical (unpaired) electrons. The van der Waals surface area contributed by atoms with Crippen LogP contribution in [0, 0.1) is 5.41 Å². The first kappa shape index (κ1) is 25.8. The van der Waals surface area contributed by atoms with E-state index < -0.39 is 23.7 Å². The van der Waals surface area contributed by atoms with Gasteiger partial charge in [-0.2, -0.15) is 0 Å². The molecule has 3 aliphatic heterocycles. The second-order valence-electron chi connectivity index (χ2n) is 10.7. The molecule has 3 atom stereocenters. The third-order valence-electron chi connectivity index (χ3n) is 7.19. The number of carbonyl (C=O) groups excluding carboxylic acids is 4. The Bertz CT molecular complexity index is 1010. The number of para-hydroxylation sites is 1. The number of alkyl carbamates (subject to hydrolysis) is 2. The second-order valence-corrected chi connectivity index (χ2v) is 10.7. The van der Waals surface area contributed by atoms with Gasteiger partial charge in [-0.3, -0.25) is 9.59 Å². The van der Waals surface area contributed by atoms with Crippen LogP contribution in [0.25, 0.3) is 0 Å². The first-order valence-electron chi connectivity index (χ1n) is 12.6. The van der Waals surface area contributed by atoms with Gasteiger partial charge < -0.3 is 29.9 Å². The third-order valence-corrected chi connectivity index (χ3v) is 7.19. The number of likely N-dealkylation sites (tertiary alicyclic amines) is 1. The standard InChI is InChI=1S/C26H36N4O6/c1-26(2,13-19-21(36-25(34)28-19)16-29-11-7-6-10-22(29)31)14-23(32)30-15-18(27-24(33)35-3)12-17-8-4-5-9-20(17)30/h4-5,8-9,18-19,21H,6-7,10-16H2,1-3H3,(H,27,33)(H,28,34)/t18?,19-,21-/m0/s1. The number of carbonyl (C=O) groups is 4. The van der Waals surface area contributed by atoms with Gasteiger partial charge in [0.15, 0.2) is 0 Å². The van der Waals surface area contributed by atoms with Gasteiger partial charge in [0.05, 0.1) is 25.7 Å². The molecule has 0 aliphatic carbocycles. The molecule has 4 rings (SSSR count). The van der Waals surface area contributed by atoms with Gasteiger partial charge in [-0.25, -0.2) is 9.59 Å². The lowest BCUT2D eigenvalue weighted by atomic mass is 9.80. The largest absolute Gasteiger partial charge is 0.453 e. The molecule has 1 aromatic rings. The minimum Gasteiger partial charge on any atom is -0.453 e. The third kappa shape index (κ3) is 6.09. The van der Waals surface area contributed by atoms with E-state index in [1.54, 1.807) is 9.80 Å². The molecule has 1 aromatic carbocycles. The average Bonchev–Trinajstić information content (AvgIpc) is 3.17. The molecule has 2 fully saturated rings. The van der Waals surface area contributed by atoms with Crippen molar-refractivity contribution in [2.24, 2.45) is 5.41 Å². The zero-order valence-corrected chi connectivity index (χ0v) is 21.2. The Morgan fingerprint density at radius 3 is 2.75 bits per heavy atom. The molecule has 196 valence electrons. The molecule has 0 saturated carbocycles. The molecule has 1 unspecified atom stereocenters. The topological polar surface area (TPSA) is 117 Å². The van der Waals surface area contributed by atoms with E-state index in [0.717, 1.165) is 24.1 Å². The van der Waals surface area contributed by atoms with Crippen LogP contribution >= 0.6 is 0 Å². The number of hydrogen-bond acceptors (Lipinski definition) is 6. The summed E-state index contributed by atoms with van der Waals surface area (Å²) in [5, 5.41) is 5.70. The zero-order chi connectivity index (χ0) is 25.9. The van der Waals surface area contributed by atoms with E-state index in [2.05, 4.69) is 10.6 Å². The van der Waals surface area contributed by atoms with Crippen LogP contribution in [0.4, 0.5) is 15.3 Å². The fourth-order valence-corrected chi connectivity index (χ4v) is 5.44. The Hall–Kier alpha value is -3.30. The van der Waals surface area contributed by atoms with Crippen LogP contribution < -0.4 is 15.5 Å². The van der Waals surface area contributed by atoms with Crippen molar-refractivity contribution in [2.75, 3.05) is 31.6 Å². The van der Waals surface area contributed by atoms with Gasteiger partial charge >= 0.3 is 12.2 Å². The molecule has 36 heavy (non-hydrogen) atoms. The highest BCUT2D eigenvalue weighted by molar-refractivity contribution is 5.95. The summed E-state index contributed by atoms with van der Waals surface area (Å²) in [6, 6.07) is 7.15. The van der Waals surface area contributed by atoms with Gasteiger partial charge in [0.25, 0.3) is 0 Å². The SMILES string of the molecule is COC(=O)NC1Cc2ccccc2N(C(=O)CC(C)(C)C[C@@H]2NC(=O)O[C@H]2CN2CCCCC2=O)C1. The molecular formula is C26H36N4O6. The maximum Gasteiger partial charge on any atom is 0.407 e. The van der Waals surface area contributed by atoms with E-state index in [4.69, 9.17) is 9.47 Å². The van der Waals surface area contributed by atoms with Gasteiger partial charge in [-0.1, -0.05) is 32.0 Å². The molecular weight excluding hydrogens is 464 g/mol. The second kappa shape index (κ2) is 10.8. The smallest absolute Gasteiger partial charge is 0.407 e. The van der Waals surface area contributed by atoms with Crippen molar-refractivity contribution in [3.63, 3.8) is 0 Å². The molecule has 0 spiro atoms. The van der Waals surface area contributed by atoms with Gasteiger partial charge in [0.1, 0.15) is 6.10 Å². The minimum atomic E-state index is -0.526. The van der Waals surface area contributed by atoms with Crippen LogP contribution in [0.2, 0.25) is 0 Å². The number of hydrogen-bond donors (Lipinski definition) is 2. The van der Waals surface area contributed by atoms with Gasteiger partial charge in [-0.05, 0) is 42.7 Å². The number of fused-ring (bicyclic) bond motifs is 1. The Labute approximate surface area is 211 Å². The van der Waals surface area contributed by atoms with Crippen LogP contribution in [-0.2, 0) is 25.5 Å². The van der Waals surface area contributed by atoms with Crippen molar-refractivity contribution >= 4 is 29.7 Å². The molecule has 3 aliphatic rings. The highest BCUT2D eigenvalue weighted by atomic mass is 16.6. The lowest BCUT2D eigenvalue weighted by molar-refractivity contribution is -0.134. The van der Waals surface area contributed by atoms with E-state index in [-0.39, 0.29) is 30.3 Å². The first-order valence-corrected chi connectivity index (χ1v) is 12.6. The molecule has 0 aromatic heterocycles. The number of benzene rings is 1. The zero-order valence-electron chi connectivity index (χ0n) is 21.2. The predicted molar refractivity (Wildman–Crippen MR) is 132 cm³/mol. The monoisotopic (exact) mass is 500 g/mol. The van der Waals surface area contributed by atoms with Crippen molar-refractivity contribution < 1.29 is 28.7 Å². The van der Waals surface area contributed by atoms with Gasteiger partial charge in [0, 0.05) is 31.6 Å². The molecule has 0 bridgehead atoms. The summed E-state index contributed by atoms with van der Waals surface area (Å²) in [7, 11) is 1.32. The van der Waals surface area contributed by atoms with Crippen LogP contribution in [0.5, 0.6) is 0 Å². The summed E-state index contributed by atoms with van der Waals surface area (Å²) in [6.45, 7) is 5.39. The number of nitrogens with zero attached hydrogens (tertiary/aromatic N) is 2. The van der Waals surface area contributed by atoms with Crippen LogP contribution in [0.1, 0.15) is 51.5 Å². The van der Waals surface area contributed by atoms with Crippen LogP contribution in [-0.4, -0.2) is 73.8 Å². The summed E-state index contributed by atoms with van der Waals surface area (Å²) in [5.74, 6) is 0.0353. The molecule has 2 saturated heterocycles.